The fourth-order valence-electron chi connectivity index (χ4n) is 3.20. The lowest BCUT2D eigenvalue weighted by Crippen LogP contribution is -2.54. The van der Waals surface area contributed by atoms with Crippen molar-refractivity contribution in [3.63, 3.8) is 0 Å². The Bertz CT molecular complexity index is 217. The molecular weight excluding hydrogens is 196 g/mol. The van der Waals surface area contributed by atoms with Crippen LogP contribution in [-0.4, -0.2) is 37.1 Å². The van der Waals surface area contributed by atoms with Crippen molar-refractivity contribution < 1.29 is 0 Å². The maximum absolute atomic E-state index is 3.51. The highest BCUT2D eigenvalue weighted by Crippen LogP contribution is 2.35. The molecule has 2 aliphatic rings. The van der Waals surface area contributed by atoms with E-state index in [1.165, 1.54) is 38.9 Å². The van der Waals surface area contributed by atoms with E-state index in [0.29, 0.717) is 0 Å². The van der Waals surface area contributed by atoms with E-state index in [2.05, 4.69) is 31.0 Å². The molecule has 94 valence electrons. The minimum absolute atomic E-state index is 0.897. The van der Waals surface area contributed by atoms with E-state index >= 15 is 0 Å². The van der Waals surface area contributed by atoms with Crippen molar-refractivity contribution in [3.05, 3.63) is 0 Å². The molecule has 1 heterocycles. The highest BCUT2D eigenvalue weighted by molar-refractivity contribution is 4.92. The molecule has 0 spiro atoms. The van der Waals surface area contributed by atoms with Crippen LogP contribution in [0.15, 0.2) is 0 Å². The van der Waals surface area contributed by atoms with Gasteiger partial charge in [-0.3, -0.25) is 4.90 Å². The Hall–Kier alpha value is -0.0800. The Labute approximate surface area is 101 Å². The predicted octanol–water partition coefficient (Wildman–Crippen LogP) is 2.35. The lowest BCUT2D eigenvalue weighted by molar-refractivity contribution is 0.0162. The van der Waals surface area contributed by atoms with Crippen LogP contribution in [0.2, 0.25) is 0 Å². The average molecular weight is 224 g/mol. The molecule has 0 aromatic heterocycles. The molecule has 16 heavy (non-hydrogen) atoms. The van der Waals surface area contributed by atoms with Crippen LogP contribution in [0.5, 0.6) is 0 Å². The lowest BCUT2D eigenvalue weighted by Gasteiger charge is -2.48. The van der Waals surface area contributed by atoms with Crippen molar-refractivity contribution >= 4 is 0 Å². The Morgan fingerprint density at radius 3 is 2.50 bits per heavy atom. The number of likely N-dealkylation sites (tertiary alicyclic amines) is 1. The number of nitrogens with one attached hydrogen (secondary N) is 1. The molecule has 1 aliphatic heterocycles. The first-order chi connectivity index (χ1) is 7.72. The lowest BCUT2D eigenvalue weighted by atomic mass is 9.76. The van der Waals surface area contributed by atoms with E-state index in [-0.39, 0.29) is 0 Å². The summed E-state index contributed by atoms with van der Waals surface area (Å²) >= 11 is 0. The zero-order valence-electron chi connectivity index (χ0n) is 11.2. The van der Waals surface area contributed by atoms with Crippen molar-refractivity contribution in [2.75, 3.05) is 26.2 Å². The molecule has 4 atom stereocenters. The van der Waals surface area contributed by atoms with Crippen molar-refractivity contribution in [2.45, 2.75) is 46.1 Å². The third-order valence-electron chi connectivity index (χ3n) is 4.87. The number of hydrogen-bond donors (Lipinski definition) is 1. The van der Waals surface area contributed by atoms with Gasteiger partial charge in [0.2, 0.25) is 0 Å². The summed E-state index contributed by atoms with van der Waals surface area (Å²) in [5.41, 5.74) is 0. The quantitative estimate of drug-likeness (QED) is 0.788. The largest absolute Gasteiger partial charge is 0.317 e. The van der Waals surface area contributed by atoms with Crippen molar-refractivity contribution in [3.8, 4) is 0 Å². The number of hydrogen-bond acceptors (Lipinski definition) is 2. The SMILES string of the molecule is CCNCC1CCC1N1CCC(C)C(C)C1. The van der Waals surface area contributed by atoms with Crippen molar-refractivity contribution in [1.29, 1.82) is 0 Å². The van der Waals surface area contributed by atoms with Gasteiger partial charge in [0.05, 0.1) is 0 Å². The van der Waals surface area contributed by atoms with Gasteiger partial charge in [-0.2, -0.15) is 0 Å². The maximum Gasteiger partial charge on any atom is 0.0136 e. The highest BCUT2D eigenvalue weighted by atomic mass is 15.2. The predicted molar refractivity (Wildman–Crippen MR) is 69.6 cm³/mol. The van der Waals surface area contributed by atoms with E-state index in [0.717, 1.165) is 30.3 Å². The molecule has 0 aromatic rings. The second-order valence-electron chi connectivity index (χ2n) is 5.95. The van der Waals surface area contributed by atoms with Gasteiger partial charge in [-0.25, -0.2) is 0 Å². The molecule has 0 bridgehead atoms. The molecule has 1 saturated carbocycles. The van der Waals surface area contributed by atoms with Gasteiger partial charge in [0.15, 0.2) is 0 Å². The molecule has 4 unspecified atom stereocenters. The summed E-state index contributed by atoms with van der Waals surface area (Å²) in [4.78, 5) is 2.77. The summed E-state index contributed by atoms with van der Waals surface area (Å²) in [6, 6.07) is 0.897. The molecule has 2 rings (SSSR count). The third kappa shape index (κ3) is 2.60. The number of nitrogens with zero attached hydrogens (tertiary/aromatic N) is 1. The Morgan fingerprint density at radius 1 is 1.12 bits per heavy atom. The summed E-state index contributed by atoms with van der Waals surface area (Å²) < 4.78 is 0. The Balaban J connectivity index is 1.79. The fraction of sp³-hybridized carbons (Fsp3) is 1.00. The summed E-state index contributed by atoms with van der Waals surface area (Å²) in [6.07, 6.45) is 4.29. The average Bonchev–Trinajstić information content (AvgIpc) is 2.22. The monoisotopic (exact) mass is 224 g/mol. The second-order valence-corrected chi connectivity index (χ2v) is 5.95. The van der Waals surface area contributed by atoms with E-state index in [4.69, 9.17) is 0 Å². The molecule has 1 N–H and O–H groups in total. The summed E-state index contributed by atoms with van der Waals surface area (Å²) in [5.74, 6) is 2.76. The molecule has 2 fully saturated rings. The van der Waals surface area contributed by atoms with Crippen molar-refractivity contribution in [1.82, 2.24) is 10.2 Å². The molecule has 0 aromatic carbocycles. The van der Waals surface area contributed by atoms with Crippen LogP contribution in [0.25, 0.3) is 0 Å². The summed E-state index contributed by atoms with van der Waals surface area (Å²) in [7, 11) is 0. The Kier molecular flexibility index (Phi) is 4.26. The number of piperidine rings is 1. The second kappa shape index (κ2) is 5.50. The van der Waals surface area contributed by atoms with Crippen LogP contribution < -0.4 is 5.32 Å². The minimum Gasteiger partial charge on any atom is -0.317 e. The van der Waals surface area contributed by atoms with Gasteiger partial charge in [0.1, 0.15) is 0 Å². The topological polar surface area (TPSA) is 15.3 Å². The fourth-order valence-corrected chi connectivity index (χ4v) is 3.20. The summed E-state index contributed by atoms with van der Waals surface area (Å²) in [6.45, 7) is 12.1. The zero-order chi connectivity index (χ0) is 11.5. The first-order valence-electron chi connectivity index (χ1n) is 7.17. The van der Waals surface area contributed by atoms with Gasteiger partial charge >= 0.3 is 0 Å². The normalized spacial score (nSPS) is 40.7. The standard InChI is InChI=1S/C14H28N2/c1-4-15-9-13-5-6-14(13)16-8-7-11(2)12(3)10-16/h11-15H,4-10H2,1-3H3. The van der Waals surface area contributed by atoms with Gasteiger partial charge in [0.25, 0.3) is 0 Å². The molecular formula is C14H28N2. The van der Waals surface area contributed by atoms with Gasteiger partial charge in [-0.05, 0) is 56.7 Å². The molecule has 1 saturated heterocycles. The molecule has 0 radical (unpaired) electrons. The minimum atomic E-state index is 0.897. The maximum atomic E-state index is 3.51. The van der Waals surface area contributed by atoms with Gasteiger partial charge < -0.3 is 5.32 Å². The highest BCUT2D eigenvalue weighted by Gasteiger charge is 2.37. The first-order valence-corrected chi connectivity index (χ1v) is 7.17. The van der Waals surface area contributed by atoms with E-state index in [9.17, 15) is 0 Å². The van der Waals surface area contributed by atoms with Crippen molar-refractivity contribution in [2.24, 2.45) is 17.8 Å². The van der Waals surface area contributed by atoms with Crippen LogP contribution in [0.3, 0.4) is 0 Å². The number of rotatable bonds is 4. The Morgan fingerprint density at radius 2 is 1.94 bits per heavy atom. The molecule has 2 heteroatoms. The van der Waals surface area contributed by atoms with E-state index in [1.54, 1.807) is 0 Å². The van der Waals surface area contributed by atoms with Crippen LogP contribution in [0.4, 0.5) is 0 Å². The molecule has 1 aliphatic carbocycles. The van der Waals surface area contributed by atoms with Gasteiger partial charge in [-0.1, -0.05) is 20.8 Å². The van der Waals surface area contributed by atoms with E-state index in [1.807, 2.05) is 0 Å². The summed E-state index contributed by atoms with van der Waals surface area (Å²) in [5, 5.41) is 3.51. The van der Waals surface area contributed by atoms with Gasteiger partial charge in [-0.15, -0.1) is 0 Å². The van der Waals surface area contributed by atoms with Crippen LogP contribution >= 0.6 is 0 Å². The van der Waals surface area contributed by atoms with Gasteiger partial charge in [0, 0.05) is 12.6 Å². The van der Waals surface area contributed by atoms with Crippen LogP contribution in [0.1, 0.15) is 40.0 Å². The smallest absolute Gasteiger partial charge is 0.0136 e. The van der Waals surface area contributed by atoms with E-state index < -0.39 is 0 Å². The third-order valence-corrected chi connectivity index (χ3v) is 4.87. The van der Waals surface area contributed by atoms with Crippen LogP contribution in [-0.2, 0) is 0 Å². The molecule has 0 amide bonds. The molecule has 2 nitrogen and oxygen atoms in total. The van der Waals surface area contributed by atoms with Crippen LogP contribution in [0, 0.1) is 17.8 Å². The zero-order valence-corrected chi connectivity index (χ0v) is 11.2. The first kappa shape index (κ1) is 12.4.